The Bertz CT molecular complexity index is 1780. The molecule has 0 bridgehead atoms. The molecule has 1 aromatic carbocycles. The Hall–Kier alpha value is -4.46. The van der Waals surface area contributed by atoms with Gasteiger partial charge in [0.25, 0.3) is 0 Å². The summed E-state index contributed by atoms with van der Waals surface area (Å²) in [6.07, 6.45) is 4.40. The molecule has 268 valence electrons. The van der Waals surface area contributed by atoms with Crippen LogP contribution in [0.4, 0.5) is 24.7 Å². The van der Waals surface area contributed by atoms with E-state index < -0.39 is 11.7 Å². The predicted molar refractivity (Wildman–Crippen MR) is 184 cm³/mol. The molecule has 4 aromatic rings. The van der Waals surface area contributed by atoms with Gasteiger partial charge in [0.05, 0.1) is 55.1 Å². The maximum atomic E-state index is 14.0. The highest BCUT2D eigenvalue weighted by Crippen LogP contribution is 2.42. The summed E-state index contributed by atoms with van der Waals surface area (Å²) in [5.41, 5.74) is 1.96. The number of aromatic nitrogens is 5. The van der Waals surface area contributed by atoms with Crippen LogP contribution >= 0.6 is 0 Å². The van der Waals surface area contributed by atoms with Crippen molar-refractivity contribution in [3.8, 4) is 28.5 Å². The van der Waals surface area contributed by atoms with Crippen LogP contribution in [0.1, 0.15) is 57.9 Å². The number of hydrogen-bond donors (Lipinski definition) is 1. The van der Waals surface area contributed by atoms with Crippen LogP contribution in [0.5, 0.6) is 5.75 Å². The minimum absolute atomic E-state index is 0.0491. The molecule has 1 saturated heterocycles. The third-order valence-corrected chi connectivity index (χ3v) is 9.70. The van der Waals surface area contributed by atoms with Gasteiger partial charge in [0.15, 0.2) is 11.5 Å². The van der Waals surface area contributed by atoms with E-state index in [1.807, 2.05) is 14.0 Å². The van der Waals surface area contributed by atoms with E-state index in [-0.39, 0.29) is 35.2 Å². The number of ether oxygens (including phenoxy) is 3. The molecular weight excluding hydrogens is 651 g/mol. The van der Waals surface area contributed by atoms with Gasteiger partial charge in [0, 0.05) is 44.8 Å². The van der Waals surface area contributed by atoms with Crippen molar-refractivity contribution in [2.75, 3.05) is 63.4 Å². The first-order valence-corrected chi connectivity index (χ1v) is 17.2. The number of benzene rings is 1. The summed E-state index contributed by atoms with van der Waals surface area (Å²) in [4.78, 5) is 38.6. The molecule has 2 fully saturated rings. The number of esters is 1. The number of pyridine rings is 1. The van der Waals surface area contributed by atoms with Crippen LogP contribution in [0.2, 0.25) is 0 Å². The van der Waals surface area contributed by atoms with Gasteiger partial charge in [0.1, 0.15) is 22.8 Å². The zero-order valence-electron chi connectivity index (χ0n) is 29.0. The maximum absolute atomic E-state index is 14.0. The summed E-state index contributed by atoms with van der Waals surface area (Å²) in [7, 11) is 3.69. The fraction of sp³-hybridized carbons (Fsp3) is 0.528. The molecular formula is C36H44F3N7O4. The number of hydrogen-bond acceptors (Lipinski definition) is 10. The first kappa shape index (κ1) is 35.4. The van der Waals surface area contributed by atoms with E-state index >= 15 is 0 Å². The van der Waals surface area contributed by atoms with E-state index in [0.29, 0.717) is 79.9 Å². The Balaban J connectivity index is 1.36. The summed E-state index contributed by atoms with van der Waals surface area (Å²) >= 11 is 0. The van der Waals surface area contributed by atoms with E-state index in [1.165, 1.54) is 0 Å². The fourth-order valence-corrected chi connectivity index (χ4v) is 7.28. The molecule has 0 unspecified atom stereocenters. The third-order valence-electron chi connectivity index (χ3n) is 9.70. The van der Waals surface area contributed by atoms with Gasteiger partial charge in [-0.05, 0) is 63.8 Å². The average Bonchev–Trinajstić information content (AvgIpc) is 3.75. The lowest BCUT2D eigenvalue weighted by atomic mass is 9.86. The second-order valence-electron chi connectivity index (χ2n) is 13.3. The number of carbonyl (C=O) groups is 1. The number of aromatic amines is 1. The Morgan fingerprint density at radius 2 is 1.78 bits per heavy atom. The number of halogens is 3. The van der Waals surface area contributed by atoms with Gasteiger partial charge in [0.2, 0.25) is 0 Å². The summed E-state index contributed by atoms with van der Waals surface area (Å²) in [5, 5.41) is 0. The van der Waals surface area contributed by atoms with Gasteiger partial charge in [-0.3, -0.25) is 4.79 Å². The zero-order valence-corrected chi connectivity index (χ0v) is 29.0. The van der Waals surface area contributed by atoms with Crippen molar-refractivity contribution in [1.29, 1.82) is 0 Å². The number of imidazole rings is 1. The minimum Gasteiger partial charge on any atom is -0.494 e. The largest absolute Gasteiger partial charge is 0.494 e. The van der Waals surface area contributed by atoms with Gasteiger partial charge in [-0.2, -0.15) is 13.2 Å². The van der Waals surface area contributed by atoms with Gasteiger partial charge in [-0.15, -0.1) is 0 Å². The van der Waals surface area contributed by atoms with Gasteiger partial charge in [-0.25, -0.2) is 19.9 Å². The standard InChI is InChI=1S/C36H44F3N7O4/c1-5-49-26-16-24(15-25(17-26)36(37,38)39)27-18-29(45(3)21-35(22-48-4)11-7-8-12-35)31-33(42-27)44-32(43-31)28-19-41-30(20-40-28)46-13-9-23(10-14-46)34(47)50-6-2/h15-20,23H,5-14,21-22H2,1-4H3,(H,42,43,44). The summed E-state index contributed by atoms with van der Waals surface area (Å²) < 4.78 is 58.3. The molecule has 1 N–H and O–H groups in total. The number of rotatable bonds is 12. The molecule has 0 amide bonds. The van der Waals surface area contributed by atoms with Gasteiger partial charge >= 0.3 is 12.1 Å². The highest BCUT2D eigenvalue weighted by Gasteiger charge is 2.36. The van der Waals surface area contributed by atoms with E-state index in [0.717, 1.165) is 43.5 Å². The molecule has 11 nitrogen and oxygen atoms in total. The number of nitrogens with one attached hydrogen (secondary N) is 1. The molecule has 4 heterocycles. The highest BCUT2D eigenvalue weighted by molar-refractivity contribution is 5.91. The summed E-state index contributed by atoms with van der Waals surface area (Å²) in [6, 6.07) is 5.48. The normalized spacial score (nSPS) is 16.6. The molecule has 1 aliphatic carbocycles. The van der Waals surface area contributed by atoms with Gasteiger partial charge in [-0.1, -0.05) is 12.8 Å². The molecule has 14 heteroatoms. The fourth-order valence-electron chi connectivity index (χ4n) is 7.28. The maximum Gasteiger partial charge on any atom is 0.416 e. The summed E-state index contributed by atoms with van der Waals surface area (Å²) in [5.74, 6) is 0.981. The van der Waals surface area contributed by atoms with Gasteiger partial charge < -0.3 is 29.0 Å². The van der Waals surface area contributed by atoms with Crippen LogP contribution in [0.25, 0.3) is 33.9 Å². The van der Waals surface area contributed by atoms with E-state index in [1.54, 1.807) is 38.6 Å². The average molecular weight is 696 g/mol. The molecule has 3 aromatic heterocycles. The zero-order chi connectivity index (χ0) is 35.5. The van der Waals surface area contributed by atoms with Crippen molar-refractivity contribution >= 4 is 28.6 Å². The molecule has 0 spiro atoms. The smallest absolute Gasteiger partial charge is 0.416 e. The predicted octanol–water partition coefficient (Wildman–Crippen LogP) is 6.92. The Kier molecular flexibility index (Phi) is 10.5. The van der Waals surface area contributed by atoms with Crippen LogP contribution in [0.15, 0.2) is 36.7 Å². The van der Waals surface area contributed by atoms with Crippen molar-refractivity contribution in [1.82, 2.24) is 24.9 Å². The van der Waals surface area contributed by atoms with Crippen molar-refractivity contribution in [3.63, 3.8) is 0 Å². The number of alkyl halides is 3. The molecule has 2 aliphatic rings. The number of H-pyrrole nitrogens is 1. The lowest BCUT2D eigenvalue weighted by Gasteiger charge is -2.34. The van der Waals surface area contributed by atoms with Crippen LogP contribution < -0.4 is 14.5 Å². The molecule has 6 rings (SSSR count). The topological polar surface area (TPSA) is 119 Å². The van der Waals surface area contributed by atoms with Crippen LogP contribution in [-0.2, 0) is 20.4 Å². The van der Waals surface area contributed by atoms with E-state index in [9.17, 15) is 18.0 Å². The van der Waals surface area contributed by atoms with E-state index in [4.69, 9.17) is 24.2 Å². The lowest BCUT2D eigenvalue weighted by molar-refractivity contribution is -0.148. The van der Waals surface area contributed by atoms with Crippen molar-refractivity contribution in [3.05, 3.63) is 42.2 Å². The van der Waals surface area contributed by atoms with Crippen LogP contribution in [0, 0.1) is 11.3 Å². The SMILES string of the molecule is CCOC(=O)C1CCN(c2cnc(-c3nc4nc(-c5cc(OCC)cc(C(F)(F)F)c5)cc(N(C)CC5(COC)CCCC5)c4[nH]3)cn2)CC1. The lowest BCUT2D eigenvalue weighted by Crippen LogP contribution is -2.37. The second kappa shape index (κ2) is 14.8. The number of fused-ring (bicyclic) bond motifs is 1. The van der Waals surface area contributed by atoms with Crippen LogP contribution in [-0.4, -0.2) is 84.5 Å². The molecule has 1 saturated carbocycles. The Morgan fingerprint density at radius 3 is 2.42 bits per heavy atom. The first-order valence-electron chi connectivity index (χ1n) is 17.2. The number of nitrogens with zero attached hydrogens (tertiary/aromatic N) is 6. The van der Waals surface area contributed by atoms with Crippen molar-refractivity contribution < 1.29 is 32.2 Å². The molecule has 0 radical (unpaired) electrons. The number of anilines is 2. The van der Waals surface area contributed by atoms with Crippen molar-refractivity contribution in [2.24, 2.45) is 11.3 Å². The minimum atomic E-state index is -4.57. The monoisotopic (exact) mass is 695 g/mol. The summed E-state index contributed by atoms with van der Waals surface area (Å²) in [6.45, 7) is 6.75. The number of methoxy groups -OCH3 is 1. The number of carbonyl (C=O) groups excluding carboxylic acids is 1. The Labute approximate surface area is 289 Å². The molecule has 50 heavy (non-hydrogen) atoms. The number of piperidine rings is 1. The highest BCUT2D eigenvalue weighted by atomic mass is 19.4. The van der Waals surface area contributed by atoms with Crippen molar-refractivity contribution in [2.45, 2.75) is 58.5 Å². The van der Waals surface area contributed by atoms with Crippen LogP contribution in [0.3, 0.4) is 0 Å². The molecule has 1 aliphatic heterocycles. The Morgan fingerprint density at radius 1 is 1.02 bits per heavy atom. The van der Waals surface area contributed by atoms with E-state index in [2.05, 4.69) is 24.8 Å². The quantitative estimate of drug-likeness (QED) is 0.157. The molecule has 0 atom stereocenters. The third kappa shape index (κ3) is 7.64. The second-order valence-corrected chi connectivity index (χ2v) is 13.3. The first-order chi connectivity index (χ1) is 24.0.